The zero-order chi connectivity index (χ0) is 30.8. The van der Waals surface area contributed by atoms with Crippen LogP contribution < -0.4 is 10.2 Å². The first kappa shape index (κ1) is 28.0. The molecule has 0 aliphatic carbocycles. The number of rotatable bonds is 9. The van der Waals surface area contributed by atoms with Crippen LogP contribution >= 0.6 is 0 Å². The van der Waals surface area contributed by atoms with Gasteiger partial charge < -0.3 is 18.3 Å². The van der Waals surface area contributed by atoms with Gasteiger partial charge in [-0.05, 0) is 84.8 Å². The largest absolute Gasteiger partial charge is 0.486 e. The minimum absolute atomic E-state index is 0.165. The summed E-state index contributed by atoms with van der Waals surface area (Å²) in [4.78, 5) is 12.8. The number of hydrogen-bond acceptors (Lipinski definition) is 4. The van der Waals surface area contributed by atoms with Crippen molar-refractivity contribution in [2.24, 2.45) is 5.10 Å². The number of amides is 1. The van der Waals surface area contributed by atoms with Crippen LogP contribution in [0.4, 0.5) is 0 Å². The summed E-state index contributed by atoms with van der Waals surface area (Å²) >= 11 is 0. The summed E-state index contributed by atoms with van der Waals surface area (Å²) in [6.45, 7) is 5.09. The number of carbonyl (C=O) groups is 1. The van der Waals surface area contributed by atoms with Crippen LogP contribution in [0.5, 0.6) is 5.75 Å². The maximum absolute atomic E-state index is 12.8. The molecule has 0 spiro atoms. The minimum atomic E-state index is -0.432. The molecule has 3 aromatic heterocycles. The highest BCUT2D eigenvalue weighted by molar-refractivity contribution is 6.00. The molecule has 0 radical (unpaired) electrons. The van der Waals surface area contributed by atoms with Gasteiger partial charge in [0.25, 0.3) is 0 Å². The molecule has 0 atom stereocenters. The monoisotopic (exact) mass is 592 g/mol. The van der Waals surface area contributed by atoms with E-state index in [1.165, 1.54) is 27.7 Å². The molecule has 45 heavy (non-hydrogen) atoms. The van der Waals surface area contributed by atoms with Gasteiger partial charge in [0.15, 0.2) is 5.76 Å². The highest BCUT2D eigenvalue weighted by Gasteiger charge is 2.13. The number of ether oxygens (including phenoxy) is 1. The third-order valence-electron chi connectivity index (χ3n) is 8.04. The molecule has 0 saturated carbocycles. The van der Waals surface area contributed by atoms with Gasteiger partial charge in [-0.15, -0.1) is 0 Å². The fraction of sp³-hybridized carbons (Fsp3) is 0.105. The van der Waals surface area contributed by atoms with Gasteiger partial charge in [-0.3, -0.25) is 4.79 Å². The van der Waals surface area contributed by atoms with Crippen LogP contribution in [0.3, 0.4) is 0 Å². The molecule has 7 rings (SSSR count). The summed E-state index contributed by atoms with van der Waals surface area (Å²) in [6, 6.07) is 38.5. The normalized spacial score (nSPS) is 11.5. The Balaban J connectivity index is 0.996. The molecule has 0 unspecified atom stereocenters. The third-order valence-corrected chi connectivity index (χ3v) is 8.04. The third kappa shape index (κ3) is 5.76. The topological polar surface area (TPSA) is 73.7 Å². The van der Waals surface area contributed by atoms with E-state index < -0.39 is 5.91 Å². The van der Waals surface area contributed by atoms with Gasteiger partial charge in [0.05, 0.1) is 6.21 Å². The first-order valence-electron chi connectivity index (χ1n) is 14.9. The summed E-state index contributed by atoms with van der Waals surface area (Å²) in [6.07, 6.45) is 3.74. The van der Waals surface area contributed by atoms with E-state index in [1.807, 2.05) is 36.4 Å². The van der Waals surface area contributed by atoms with Crippen LogP contribution in [-0.2, 0) is 13.2 Å². The average molecular weight is 593 g/mol. The fourth-order valence-corrected chi connectivity index (χ4v) is 5.84. The number of aryl methyl sites for hydroxylation is 2. The molecule has 0 fully saturated rings. The summed E-state index contributed by atoms with van der Waals surface area (Å²) in [5.74, 6) is 0.992. The predicted octanol–water partition coefficient (Wildman–Crippen LogP) is 8.19. The molecule has 0 aliphatic heterocycles. The molecule has 222 valence electrons. The molecule has 0 bridgehead atoms. The maximum Gasteiger partial charge on any atom is 0.307 e. The van der Waals surface area contributed by atoms with Gasteiger partial charge in [0.2, 0.25) is 0 Å². The van der Waals surface area contributed by atoms with Crippen molar-refractivity contribution in [2.45, 2.75) is 27.0 Å². The fourth-order valence-electron chi connectivity index (χ4n) is 5.84. The van der Waals surface area contributed by atoms with Crippen LogP contribution in [0, 0.1) is 13.8 Å². The Labute approximate surface area is 261 Å². The number of fused-ring (bicyclic) bond motifs is 2. The zero-order valence-corrected chi connectivity index (χ0v) is 25.1. The quantitative estimate of drug-likeness (QED) is 0.136. The highest BCUT2D eigenvalue weighted by atomic mass is 16.5. The Hall–Kier alpha value is -5.82. The first-order chi connectivity index (χ1) is 22.0. The van der Waals surface area contributed by atoms with Crippen molar-refractivity contribution in [3.8, 4) is 11.4 Å². The Bertz CT molecular complexity index is 2140. The van der Waals surface area contributed by atoms with Crippen molar-refractivity contribution < 1.29 is 13.9 Å². The summed E-state index contributed by atoms with van der Waals surface area (Å²) in [7, 11) is 0. The van der Waals surface area contributed by atoms with Gasteiger partial charge in [-0.1, -0.05) is 60.7 Å². The number of aromatic nitrogens is 2. The first-order valence-corrected chi connectivity index (χ1v) is 14.9. The lowest BCUT2D eigenvalue weighted by molar-refractivity contribution is 0.0923. The van der Waals surface area contributed by atoms with Crippen molar-refractivity contribution in [3.63, 3.8) is 0 Å². The Morgan fingerprint density at radius 1 is 0.822 bits per heavy atom. The van der Waals surface area contributed by atoms with E-state index in [4.69, 9.17) is 9.15 Å². The number of para-hydroxylation sites is 1. The van der Waals surface area contributed by atoms with Crippen LogP contribution in [0.2, 0.25) is 0 Å². The molecular weight excluding hydrogens is 560 g/mol. The number of hydrogen-bond donors (Lipinski definition) is 1. The number of nitrogens with one attached hydrogen (secondary N) is 1. The van der Waals surface area contributed by atoms with E-state index in [0.717, 1.165) is 28.7 Å². The van der Waals surface area contributed by atoms with E-state index in [9.17, 15) is 4.79 Å². The van der Waals surface area contributed by atoms with Gasteiger partial charge in [-0.25, -0.2) is 5.43 Å². The van der Waals surface area contributed by atoms with Crippen molar-refractivity contribution in [3.05, 3.63) is 155 Å². The summed E-state index contributed by atoms with van der Waals surface area (Å²) < 4.78 is 16.0. The Morgan fingerprint density at radius 2 is 1.56 bits per heavy atom. The van der Waals surface area contributed by atoms with Gasteiger partial charge in [0, 0.05) is 46.3 Å². The molecule has 7 nitrogen and oxygen atoms in total. The van der Waals surface area contributed by atoms with Crippen molar-refractivity contribution in [1.29, 1.82) is 0 Å². The number of furan rings is 1. The molecule has 0 saturated heterocycles. The minimum Gasteiger partial charge on any atom is -0.486 e. The van der Waals surface area contributed by atoms with E-state index in [0.29, 0.717) is 11.5 Å². The predicted molar refractivity (Wildman–Crippen MR) is 178 cm³/mol. The highest BCUT2D eigenvalue weighted by Crippen LogP contribution is 2.25. The van der Waals surface area contributed by atoms with Gasteiger partial charge in [0.1, 0.15) is 18.1 Å². The molecule has 1 amide bonds. The second-order valence-corrected chi connectivity index (χ2v) is 11.1. The molecule has 0 aliphatic rings. The molecule has 3 heterocycles. The lowest BCUT2D eigenvalue weighted by Crippen LogP contribution is -2.16. The number of hydrazone groups is 1. The maximum atomic E-state index is 12.8. The molecule has 7 aromatic rings. The number of benzene rings is 4. The van der Waals surface area contributed by atoms with Gasteiger partial charge >= 0.3 is 5.91 Å². The second kappa shape index (κ2) is 12.1. The molecule has 4 aromatic carbocycles. The van der Waals surface area contributed by atoms with Crippen LogP contribution in [0.25, 0.3) is 27.4 Å². The summed E-state index contributed by atoms with van der Waals surface area (Å²) in [5, 5.41) is 7.76. The SMILES string of the molecule is Cc1ccc(C)n1-c1ccc(OCc2ccc(C(=O)N/N=C/c3cn(Cc4cccc5ccccc45)c4ccccc34)o2)cc1. The van der Waals surface area contributed by atoms with Crippen molar-refractivity contribution in [1.82, 2.24) is 14.6 Å². The number of nitrogens with zero attached hydrogens (tertiary/aromatic N) is 3. The molecule has 1 N–H and O–H groups in total. The van der Waals surface area contributed by atoms with Crippen LogP contribution in [0.15, 0.2) is 131 Å². The average Bonchev–Trinajstić information content (AvgIpc) is 3.78. The van der Waals surface area contributed by atoms with Crippen molar-refractivity contribution >= 4 is 33.8 Å². The van der Waals surface area contributed by atoms with E-state index in [1.54, 1.807) is 18.3 Å². The summed E-state index contributed by atoms with van der Waals surface area (Å²) in [5.41, 5.74) is 9.27. The Morgan fingerprint density at radius 3 is 2.38 bits per heavy atom. The lowest BCUT2D eigenvalue weighted by atomic mass is 10.0. The van der Waals surface area contributed by atoms with Gasteiger partial charge in [-0.2, -0.15) is 5.10 Å². The smallest absolute Gasteiger partial charge is 0.307 e. The van der Waals surface area contributed by atoms with Crippen LogP contribution in [0.1, 0.15) is 38.8 Å². The standard InChI is InChI=1S/C38H32N4O3/c1-26-14-15-27(2)42(26)31-16-18-32(19-17-31)44-25-33-20-21-37(45-33)38(43)40-39-22-30-24-41(36-13-6-5-12-35(30)36)23-29-10-7-9-28-8-3-4-11-34(28)29/h3-22,24H,23,25H2,1-2H3,(H,40,43)/b39-22+. The van der Waals surface area contributed by atoms with E-state index in [2.05, 4.69) is 106 Å². The zero-order valence-electron chi connectivity index (χ0n) is 25.1. The lowest BCUT2D eigenvalue weighted by Gasteiger charge is -2.10. The molecular formula is C38H32N4O3. The number of carbonyl (C=O) groups excluding carboxylic acids is 1. The molecule has 7 heteroatoms. The second-order valence-electron chi connectivity index (χ2n) is 11.1. The Kier molecular flexibility index (Phi) is 7.49. The van der Waals surface area contributed by atoms with Crippen molar-refractivity contribution in [2.75, 3.05) is 0 Å². The van der Waals surface area contributed by atoms with E-state index in [-0.39, 0.29) is 12.4 Å². The van der Waals surface area contributed by atoms with Crippen LogP contribution in [-0.4, -0.2) is 21.3 Å². The van der Waals surface area contributed by atoms with E-state index >= 15 is 0 Å².